The molecule has 21 heavy (non-hydrogen) atoms. The first kappa shape index (κ1) is 16.2. The summed E-state index contributed by atoms with van der Waals surface area (Å²) < 4.78 is 5.65. The summed E-state index contributed by atoms with van der Waals surface area (Å²) in [5.74, 6) is -0.903. The number of hydrogen-bond donors (Lipinski definition) is 1. The molecule has 0 spiro atoms. The molecular weight excluding hydrogens is 272 g/mol. The highest BCUT2D eigenvalue weighted by atomic mass is 16.5. The number of ether oxygens (including phenoxy) is 1. The van der Waals surface area contributed by atoms with Gasteiger partial charge in [0.15, 0.2) is 0 Å². The van der Waals surface area contributed by atoms with Crippen LogP contribution < -0.4 is 0 Å². The number of carbonyl (C=O) groups is 2. The summed E-state index contributed by atoms with van der Waals surface area (Å²) in [4.78, 5) is 27.2. The Balaban J connectivity index is 1.75. The highest BCUT2D eigenvalue weighted by Gasteiger charge is 2.29. The Bertz CT molecular complexity index is 365. The summed E-state index contributed by atoms with van der Waals surface area (Å²) >= 11 is 0. The van der Waals surface area contributed by atoms with Crippen molar-refractivity contribution >= 4 is 11.9 Å². The van der Waals surface area contributed by atoms with Crippen molar-refractivity contribution < 1.29 is 19.4 Å². The van der Waals surface area contributed by atoms with E-state index in [1.807, 2.05) is 11.8 Å². The molecular formula is C15H26N2O4. The van der Waals surface area contributed by atoms with Crippen LogP contribution in [0.15, 0.2) is 0 Å². The zero-order valence-electron chi connectivity index (χ0n) is 12.8. The van der Waals surface area contributed by atoms with Gasteiger partial charge < -0.3 is 14.7 Å². The van der Waals surface area contributed by atoms with Crippen LogP contribution in [0.1, 0.15) is 32.6 Å². The second-order valence-corrected chi connectivity index (χ2v) is 5.95. The number of carboxylic acid groups (broad SMARTS) is 1. The first-order valence-electron chi connectivity index (χ1n) is 7.94. The number of rotatable bonds is 5. The van der Waals surface area contributed by atoms with Crippen LogP contribution >= 0.6 is 0 Å². The smallest absolute Gasteiger partial charge is 0.306 e. The Hall–Kier alpha value is -1.14. The van der Waals surface area contributed by atoms with E-state index in [-0.39, 0.29) is 17.9 Å². The van der Waals surface area contributed by atoms with E-state index in [2.05, 4.69) is 4.90 Å². The summed E-state index contributed by atoms with van der Waals surface area (Å²) in [6.07, 6.45) is 3.53. The van der Waals surface area contributed by atoms with Gasteiger partial charge in [0.1, 0.15) is 0 Å². The third kappa shape index (κ3) is 4.68. The Labute approximate surface area is 126 Å². The van der Waals surface area contributed by atoms with Gasteiger partial charge in [-0.1, -0.05) is 0 Å². The Morgan fingerprint density at radius 2 is 1.90 bits per heavy atom. The molecule has 2 aliphatic rings. The van der Waals surface area contributed by atoms with Gasteiger partial charge in [-0.3, -0.25) is 14.5 Å². The van der Waals surface area contributed by atoms with Crippen LogP contribution in [0, 0.1) is 5.92 Å². The minimum atomic E-state index is -0.738. The van der Waals surface area contributed by atoms with Crippen molar-refractivity contribution in [1.82, 2.24) is 9.80 Å². The molecule has 0 aliphatic carbocycles. The van der Waals surface area contributed by atoms with Crippen LogP contribution in [-0.4, -0.2) is 72.2 Å². The molecule has 2 rings (SSSR count). The fraction of sp³-hybridized carbons (Fsp3) is 0.867. The SMILES string of the molecule is CCOC1CCCN(CC(=O)N2CCC(C(=O)O)CC2)C1. The highest BCUT2D eigenvalue weighted by Crippen LogP contribution is 2.18. The minimum Gasteiger partial charge on any atom is -0.481 e. The van der Waals surface area contributed by atoms with Gasteiger partial charge in [0, 0.05) is 26.2 Å². The maximum atomic E-state index is 12.3. The average Bonchev–Trinajstić information content (AvgIpc) is 2.48. The van der Waals surface area contributed by atoms with Gasteiger partial charge in [0.2, 0.25) is 5.91 Å². The molecule has 2 aliphatic heterocycles. The van der Waals surface area contributed by atoms with Gasteiger partial charge in [-0.15, -0.1) is 0 Å². The van der Waals surface area contributed by atoms with E-state index >= 15 is 0 Å². The van der Waals surface area contributed by atoms with E-state index in [1.54, 1.807) is 0 Å². The van der Waals surface area contributed by atoms with E-state index < -0.39 is 5.97 Å². The van der Waals surface area contributed by atoms with Crippen LogP contribution in [0.2, 0.25) is 0 Å². The number of aliphatic carboxylic acids is 1. The molecule has 1 N–H and O–H groups in total. The molecule has 1 atom stereocenters. The lowest BCUT2D eigenvalue weighted by atomic mass is 9.97. The molecule has 1 unspecified atom stereocenters. The summed E-state index contributed by atoms with van der Waals surface area (Å²) in [6, 6.07) is 0. The second-order valence-electron chi connectivity index (χ2n) is 5.95. The Morgan fingerprint density at radius 3 is 2.52 bits per heavy atom. The standard InChI is InChI=1S/C15H26N2O4/c1-2-21-13-4-3-7-16(10-13)11-14(18)17-8-5-12(6-9-17)15(19)20/h12-13H,2-11H2,1H3,(H,19,20). The fourth-order valence-electron chi connectivity index (χ4n) is 3.20. The van der Waals surface area contributed by atoms with Crippen LogP contribution in [0.5, 0.6) is 0 Å². The first-order valence-corrected chi connectivity index (χ1v) is 7.94. The van der Waals surface area contributed by atoms with E-state index in [0.29, 0.717) is 32.5 Å². The van der Waals surface area contributed by atoms with Gasteiger partial charge in [-0.05, 0) is 39.2 Å². The minimum absolute atomic E-state index is 0.121. The van der Waals surface area contributed by atoms with E-state index in [1.165, 1.54) is 0 Å². The van der Waals surface area contributed by atoms with Gasteiger partial charge in [0.25, 0.3) is 0 Å². The summed E-state index contributed by atoms with van der Waals surface area (Å²) in [5.41, 5.74) is 0. The molecule has 0 saturated carbocycles. The first-order chi connectivity index (χ1) is 10.1. The summed E-state index contributed by atoms with van der Waals surface area (Å²) in [6.45, 7) is 6.05. The van der Waals surface area contributed by atoms with Gasteiger partial charge in [-0.25, -0.2) is 0 Å². The zero-order chi connectivity index (χ0) is 15.2. The number of hydrogen-bond acceptors (Lipinski definition) is 4. The molecule has 6 nitrogen and oxygen atoms in total. The molecule has 2 fully saturated rings. The topological polar surface area (TPSA) is 70.1 Å². The number of likely N-dealkylation sites (tertiary alicyclic amines) is 2. The van der Waals surface area contributed by atoms with Crippen LogP contribution in [0.3, 0.4) is 0 Å². The summed E-state index contributed by atoms with van der Waals surface area (Å²) in [7, 11) is 0. The quantitative estimate of drug-likeness (QED) is 0.813. The van der Waals surface area contributed by atoms with Gasteiger partial charge >= 0.3 is 5.97 Å². The van der Waals surface area contributed by atoms with E-state index in [4.69, 9.17) is 9.84 Å². The number of piperidine rings is 2. The largest absolute Gasteiger partial charge is 0.481 e. The zero-order valence-corrected chi connectivity index (χ0v) is 12.8. The van der Waals surface area contributed by atoms with Gasteiger partial charge in [0.05, 0.1) is 18.6 Å². The van der Waals surface area contributed by atoms with E-state index in [0.717, 1.165) is 32.5 Å². The monoisotopic (exact) mass is 298 g/mol. The molecule has 0 aromatic rings. The maximum absolute atomic E-state index is 12.3. The van der Waals surface area contributed by atoms with Crippen LogP contribution in [0.25, 0.3) is 0 Å². The normalized spacial score (nSPS) is 25.0. The second kappa shape index (κ2) is 7.75. The molecule has 120 valence electrons. The van der Waals surface area contributed by atoms with Crippen molar-refractivity contribution in [2.24, 2.45) is 5.92 Å². The Morgan fingerprint density at radius 1 is 1.19 bits per heavy atom. The number of carbonyl (C=O) groups excluding carboxylic acids is 1. The molecule has 1 amide bonds. The third-order valence-electron chi connectivity index (χ3n) is 4.42. The van der Waals surface area contributed by atoms with Crippen molar-refractivity contribution in [3.8, 4) is 0 Å². The van der Waals surface area contributed by atoms with Crippen molar-refractivity contribution in [1.29, 1.82) is 0 Å². The van der Waals surface area contributed by atoms with Crippen LogP contribution in [0.4, 0.5) is 0 Å². The predicted molar refractivity (Wildman–Crippen MR) is 78.0 cm³/mol. The highest BCUT2D eigenvalue weighted by molar-refractivity contribution is 5.79. The molecule has 2 saturated heterocycles. The number of amides is 1. The maximum Gasteiger partial charge on any atom is 0.306 e. The molecule has 6 heteroatoms. The molecule has 0 radical (unpaired) electrons. The predicted octanol–water partition coefficient (Wildman–Crippen LogP) is 0.811. The van der Waals surface area contributed by atoms with Crippen molar-refractivity contribution in [2.75, 3.05) is 39.3 Å². The Kier molecular flexibility index (Phi) is 5.99. The lowest BCUT2D eigenvalue weighted by Crippen LogP contribution is -2.48. The molecule has 0 aromatic heterocycles. The van der Waals surface area contributed by atoms with E-state index in [9.17, 15) is 9.59 Å². The fourth-order valence-corrected chi connectivity index (χ4v) is 3.20. The van der Waals surface area contributed by atoms with Crippen LogP contribution in [-0.2, 0) is 14.3 Å². The number of nitrogens with zero attached hydrogens (tertiary/aromatic N) is 2. The molecule has 0 bridgehead atoms. The summed E-state index contributed by atoms with van der Waals surface area (Å²) in [5, 5.41) is 8.98. The van der Waals surface area contributed by atoms with Crippen molar-refractivity contribution in [3.63, 3.8) is 0 Å². The lowest BCUT2D eigenvalue weighted by Gasteiger charge is -2.35. The number of carboxylic acids is 1. The van der Waals surface area contributed by atoms with Crippen molar-refractivity contribution in [3.05, 3.63) is 0 Å². The molecule has 0 aromatic carbocycles. The third-order valence-corrected chi connectivity index (χ3v) is 4.42. The average molecular weight is 298 g/mol. The molecule has 2 heterocycles. The van der Waals surface area contributed by atoms with Crippen molar-refractivity contribution in [2.45, 2.75) is 38.7 Å². The van der Waals surface area contributed by atoms with Gasteiger partial charge in [-0.2, -0.15) is 0 Å². The lowest BCUT2D eigenvalue weighted by molar-refractivity contribution is -0.146.